The molecule has 1 N–H and O–H groups in total. The van der Waals surface area contributed by atoms with Crippen LogP contribution in [0.3, 0.4) is 0 Å². The molecular weight excluding hydrogens is 253 g/mol. The van der Waals surface area contributed by atoms with Gasteiger partial charge in [0.2, 0.25) is 0 Å². The van der Waals surface area contributed by atoms with E-state index in [1.54, 1.807) is 24.4 Å². The van der Waals surface area contributed by atoms with Crippen molar-refractivity contribution in [3.63, 3.8) is 0 Å². The summed E-state index contributed by atoms with van der Waals surface area (Å²) in [6, 6.07) is 16.1. The number of nitrogens with one attached hydrogen (secondary N) is 1. The molecule has 1 aromatic heterocycles. The molecule has 0 bridgehead atoms. The van der Waals surface area contributed by atoms with Gasteiger partial charge in [-0.1, -0.05) is 24.3 Å². The fourth-order valence-electron chi connectivity index (χ4n) is 1.95. The van der Waals surface area contributed by atoms with Crippen molar-refractivity contribution < 1.29 is 4.39 Å². The van der Waals surface area contributed by atoms with Crippen molar-refractivity contribution >= 4 is 22.8 Å². The number of anilines is 1. The highest BCUT2D eigenvalue weighted by Gasteiger charge is 1.99. The molecule has 3 aromatic rings. The Morgan fingerprint density at radius 2 is 1.90 bits per heavy atom. The molecule has 0 atom stereocenters. The molecule has 0 aliphatic heterocycles. The number of hydrogen-bond donors (Lipinski definition) is 1. The average molecular weight is 265 g/mol. The number of aromatic nitrogens is 1. The van der Waals surface area contributed by atoms with Crippen LogP contribution < -0.4 is 5.43 Å². The Hall–Kier alpha value is -2.75. The van der Waals surface area contributed by atoms with Crippen LogP contribution in [0.4, 0.5) is 10.1 Å². The first-order valence-electron chi connectivity index (χ1n) is 6.22. The van der Waals surface area contributed by atoms with E-state index in [4.69, 9.17) is 0 Å². The first-order valence-corrected chi connectivity index (χ1v) is 6.22. The Morgan fingerprint density at radius 3 is 2.80 bits per heavy atom. The van der Waals surface area contributed by atoms with Crippen molar-refractivity contribution in [2.45, 2.75) is 0 Å². The van der Waals surface area contributed by atoms with Gasteiger partial charge in [0.1, 0.15) is 5.82 Å². The van der Waals surface area contributed by atoms with E-state index in [1.807, 2.05) is 30.3 Å². The highest BCUT2D eigenvalue weighted by molar-refractivity contribution is 5.91. The summed E-state index contributed by atoms with van der Waals surface area (Å²) in [5.41, 5.74) is 5.09. The second-order valence-electron chi connectivity index (χ2n) is 4.27. The number of fused-ring (bicyclic) bond motifs is 1. The lowest BCUT2D eigenvalue weighted by Gasteiger charge is -2.04. The molecule has 3 rings (SSSR count). The molecule has 0 fully saturated rings. The molecule has 0 saturated heterocycles. The van der Waals surface area contributed by atoms with Crippen molar-refractivity contribution in [2.75, 3.05) is 5.43 Å². The number of rotatable bonds is 3. The predicted molar refractivity (Wildman–Crippen MR) is 79.4 cm³/mol. The number of benzene rings is 2. The zero-order chi connectivity index (χ0) is 13.8. The van der Waals surface area contributed by atoms with Gasteiger partial charge in [-0.3, -0.25) is 10.4 Å². The molecule has 0 aliphatic carbocycles. The molecule has 2 aromatic carbocycles. The third-order valence-electron chi connectivity index (χ3n) is 2.94. The minimum absolute atomic E-state index is 0.294. The van der Waals surface area contributed by atoms with Crippen LogP contribution in [0.2, 0.25) is 0 Å². The van der Waals surface area contributed by atoms with E-state index in [9.17, 15) is 4.39 Å². The monoisotopic (exact) mass is 265 g/mol. The smallest absolute Gasteiger partial charge is 0.132 e. The third kappa shape index (κ3) is 2.49. The van der Waals surface area contributed by atoms with Crippen LogP contribution in [-0.4, -0.2) is 11.2 Å². The maximum atomic E-state index is 13.4. The predicted octanol–water partition coefficient (Wildman–Crippen LogP) is 3.82. The number of nitrogens with zero attached hydrogens (tertiary/aromatic N) is 2. The molecule has 0 amide bonds. The first kappa shape index (κ1) is 12.3. The maximum Gasteiger partial charge on any atom is 0.132 e. The lowest BCUT2D eigenvalue weighted by Crippen LogP contribution is -1.94. The number of hydrazone groups is 1. The van der Waals surface area contributed by atoms with Crippen LogP contribution >= 0.6 is 0 Å². The molecule has 0 radical (unpaired) electrons. The quantitative estimate of drug-likeness (QED) is 0.577. The summed E-state index contributed by atoms with van der Waals surface area (Å²) in [6.45, 7) is 0. The van der Waals surface area contributed by atoms with Crippen molar-refractivity contribution in [3.05, 3.63) is 72.2 Å². The molecule has 0 unspecified atom stereocenters. The Bertz CT molecular complexity index is 763. The van der Waals surface area contributed by atoms with E-state index in [0.29, 0.717) is 5.56 Å². The molecule has 1 heterocycles. The molecular formula is C16H12FN3. The van der Waals surface area contributed by atoms with Gasteiger partial charge in [0, 0.05) is 17.1 Å². The maximum absolute atomic E-state index is 13.4. The zero-order valence-corrected chi connectivity index (χ0v) is 10.6. The minimum atomic E-state index is -0.294. The third-order valence-corrected chi connectivity index (χ3v) is 2.94. The van der Waals surface area contributed by atoms with Gasteiger partial charge in [-0.15, -0.1) is 0 Å². The van der Waals surface area contributed by atoms with E-state index < -0.39 is 0 Å². The topological polar surface area (TPSA) is 37.3 Å². The van der Waals surface area contributed by atoms with Gasteiger partial charge in [-0.2, -0.15) is 5.10 Å². The normalized spacial score (nSPS) is 11.1. The van der Waals surface area contributed by atoms with Crippen LogP contribution in [0.15, 0.2) is 65.9 Å². The lowest BCUT2D eigenvalue weighted by atomic mass is 10.2. The van der Waals surface area contributed by atoms with E-state index in [0.717, 1.165) is 16.6 Å². The Kier molecular flexibility index (Phi) is 3.37. The van der Waals surface area contributed by atoms with E-state index in [1.165, 1.54) is 12.3 Å². The van der Waals surface area contributed by atoms with Gasteiger partial charge in [0.05, 0.1) is 17.4 Å². The zero-order valence-electron chi connectivity index (χ0n) is 10.6. The van der Waals surface area contributed by atoms with Gasteiger partial charge in [0.25, 0.3) is 0 Å². The van der Waals surface area contributed by atoms with Crippen molar-refractivity contribution in [3.8, 4) is 0 Å². The summed E-state index contributed by atoms with van der Waals surface area (Å²) in [7, 11) is 0. The fraction of sp³-hybridized carbons (Fsp3) is 0. The Labute approximate surface area is 115 Å². The second-order valence-corrected chi connectivity index (χ2v) is 4.27. The molecule has 98 valence electrons. The SMILES string of the molecule is Fc1ccccc1/C=N/Nc1cccc2ncccc12. The molecule has 0 saturated carbocycles. The Balaban J connectivity index is 1.86. The van der Waals surface area contributed by atoms with Crippen molar-refractivity contribution in [1.29, 1.82) is 0 Å². The fourth-order valence-corrected chi connectivity index (χ4v) is 1.95. The lowest BCUT2D eigenvalue weighted by molar-refractivity contribution is 0.626. The van der Waals surface area contributed by atoms with Gasteiger partial charge in [0.15, 0.2) is 0 Å². The highest BCUT2D eigenvalue weighted by Crippen LogP contribution is 2.21. The number of halogens is 1. The first-order chi connectivity index (χ1) is 9.84. The standard InChI is InChI=1S/C16H12FN3/c17-14-7-2-1-5-12(14)11-19-20-16-9-3-8-15-13(16)6-4-10-18-15/h1-11,20H/b19-11+. The average Bonchev–Trinajstić information content (AvgIpc) is 2.49. The van der Waals surface area contributed by atoms with E-state index >= 15 is 0 Å². The van der Waals surface area contributed by atoms with Crippen LogP contribution in [0.1, 0.15) is 5.56 Å². The number of pyridine rings is 1. The molecule has 20 heavy (non-hydrogen) atoms. The van der Waals surface area contributed by atoms with Gasteiger partial charge in [-0.25, -0.2) is 4.39 Å². The minimum Gasteiger partial charge on any atom is -0.278 e. The van der Waals surface area contributed by atoms with Crippen LogP contribution in [0.5, 0.6) is 0 Å². The van der Waals surface area contributed by atoms with Crippen molar-refractivity contribution in [1.82, 2.24) is 4.98 Å². The Morgan fingerprint density at radius 1 is 1.00 bits per heavy atom. The van der Waals surface area contributed by atoms with Crippen LogP contribution in [-0.2, 0) is 0 Å². The van der Waals surface area contributed by atoms with E-state index in [-0.39, 0.29) is 5.82 Å². The summed E-state index contributed by atoms with van der Waals surface area (Å²) in [5.74, 6) is -0.294. The second kappa shape index (κ2) is 5.48. The summed E-state index contributed by atoms with van der Waals surface area (Å²) < 4.78 is 13.4. The summed E-state index contributed by atoms with van der Waals surface area (Å²) >= 11 is 0. The molecule has 0 aliphatic rings. The van der Waals surface area contributed by atoms with Gasteiger partial charge in [-0.05, 0) is 30.3 Å². The summed E-state index contributed by atoms with van der Waals surface area (Å²) in [5, 5.41) is 5.05. The summed E-state index contributed by atoms with van der Waals surface area (Å²) in [6.07, 6.45) is 3.21. The molecule has 3 nitrogen and oxygen atoms in total. The van der Waals surface area contributed by atoms with Gasteiger partial charge < -0.3 is 0 Å². The van der Waals surface area contributed by atoms with Gasteiger partial charge >= 0.3 is 0 Å². The highest BCUT2D eigenvalue weighted by atomic mass is 19.1. The summed E-state index contributed by atoms with van der Waals surface area (Å²) in [4.78, 5) is 4.27. The molecule has 4 heteroatoms. The van der Waals surface area contributed by atoms with E-state index in [2.05, 4.69) is 15.5 Å². The number of hydrogen-bond acceptors (Lipinski definition) is 3. The van der Waals surface area contributed by atoms with Crippen molar-refractivity contribution in [2.24, 2.45) is 5.10 Å². The van der Waals surface area contributed by atoms with Crippen LogP contribution in [0, 0.1) is 5.82 Å². The largest absolute Gasteiger partial charge is 0.278 e. The molecule has 0 spiro atoms. The van der Waals surface area contributed by atoms with Crippen LogP contribution in [0.25, 0.3) is 10.9 Å².